The van der Waals surface area contributed by atoms with Crippen molar-refractivity contribution in [2.24, 2.45) is 0 Å². The van der Waals surface area contributed by atoms with E-state index in [1.807, 2.05) is 0 Å². The van der Waals surface area contributed by atoms with Gasteiger partial charge in [0.15, 0.2) is 0 Å². The fourth-order valence-electron chi connectivity index (χ4n) is 2.38. The molecule has 1 N–H and O–H groups in total. The minimum absolute atomic E-state index is 0.500. The highest BCUT2D eigenvalue weighted by Gasteiger charge is 2.19. The number of benzene rings is 1. The van der Waals surface area contributed by atoms with Crippen molar-refractivity contribution >= 4 is 0 Å². The molecule has 0 aromatic heterocycles. The van der Waals surface area contributed by atoms with Gasteiger partial charge in [-0.1, -0.05) is 44.0 Å². The summed E-state index contributed by atoms with van der Waals surface area (Å²) in [6.07, 6.45) is 7.93. The highest BCUT2D eigenvalue weighted by Crippen LogP contribution is 2.23. The second-order valence-electron chi connectivity index (χ2n) is 5.36. The zero-order valence-corrected chi connectivity index (χ0v) is 11.2. The van der Waals surface area contributed by atoms with Gasteiger partial charge in [0.05, 0.1) is 0 Å². The van der Waals surface area contributed by atoms with Crippen LogP contribution in [0.4, 0.5) is 0 Å². The summed E-state index contributed by atoms with van der Waals surface area (Å²) < 4.78 is 0. The van der Waals surface area contributed by atoms with Crippen molar-refractivity contribution < 1.29 is 0 Å². The summed E-state index contributed by atoms with van der Waals surface area (Å²) in [6.45, 7) is 4.53. The number of rotatable bonds is 6. The molecular weight excluding hydrogens is 206 g/mol. The number of unbranched alkanes of at least 4 members (excludes halogenated alkanes) is 1. The fourth-order valence-corrected chi connectivity index (χ4v) is 2.38. The summed E-state index contributed by atoms with van der Waals surface area (Å²) >= 11 is 0. The Morgan fingerprint density at radius 1 is 1.24 bits per heavy atom. The summed E-state index contributed by atoms with van der Waals surface area (Å²) in [4.78, 5) is 0. The summed E-state index contributed by atoms with van der Waals surface area (Å²) in [5.74, 6) is 0. The van der Waals surface area contributed by atoms with Crippen molar-refractivity contribution in [1.29, 1.82) is 0 Å². The molecule has 1 aliphatic carbocycles. The molecule has 2 rings (SSSR count). The molecule has 0 spiro atoms. The minimum Gasteiger partial charge on any atom is -0.307 e. The molecule has 94 valence electrons. The summed E-state index contributed by atoms with van der Waals surface area (Å²) in [6, 6.07) is 10.4. The van der Waals surface area contributed by atoms with E-state index in [9.17, 15) is 0 Å². The molecule has 1 unspecified atom stereocenters. The third kappa shape index (κ3) is 3.57. The Morgan fingerprint density at radius 3 is 2.47 bits per heavy atom. The normalized spacial score (nSPS) is 17.8. The van der Waals surface area contributed by atoms with Crippen LogP contribution in [0.25, 0.3) is 0 Å². The number of hydrogen-bond donors (Lipinski definition) is 1. The highest BCUT2D eigenvalue weighted by atomic mass is 15.0. The molecule has 1 aromatic carbocycles. The lowest BCUT2D eigenvalue weighted by atomic mass is 9.91. The maximum atomic E-state index is 3.70. The van der Waals surface area contributed by atoms with Gasteiger partial charge in [-0.15, -0.1) is 0 Å². The standard InChI is InChI=1S/C16H25N/c1-3-4-6-14-9-11-15(12-10-14)13(2)17-16-7-5-8-16/h9-13,16-17H,3-8H2,1-2H3. The first-order chi connectivity index (χ1) is 8.29. The smallest absolute Gasteiger partial charge is 0.0294 e. The SMILES string of the molecule is CCCCc1ccc(C(C)NC2CCC2)cc1. The van der Waals surface area contributed by atoms with Gasteiger partial charge in [-0.3, -0.25) is 0 Å². The van der Waals surface area contributed by atoms with E-state index in [0.29, 0.717) is 6.04 Å². The lowest BCUT2D eigenvalue weighted by molar-refractivity contribution is 0.313. The molecule has 1 nitrogen and oxygen atoms in total. The molecule has 17 heavy (non-hydrogen) atoms. The molecule has 1 aromatic rings. The van der Waals surface area contributed by atoms with E-state index in [0.717, 1.165) is 6.04 Å². The van der Waals surface area contributed by atoms with Crippen molar-refractivity contribution in [2.45, 2.75) is 64.5 Å². The van der Waals surface area contributed by atoms with Crippen molar-refractivity contribution in [3.8, 4) is 0 Å². The molecule has 1 fully saturated rings. The Labute approximate surface area is 106 Å². The zero-order chi connectivity index (χ0) is 12.1. The van der Waals surface area contributed by atoms with Gasteiger partial charge in [0.2, 0.25) is 0 Å². The minimum atomic E-state index is 0.500. The quantitative estimate of drug-likeness (QED) is 0.772. The first-order valence-corrected chi connectivity index (χ1v) is 7.14. The van der Waals surface area contributed by atoms with Crippen LogP contribution in [-0.2, 0) is 6.42 Å². The van der Waals surface area contributed by atoms with Gasteiger partial charge in [-0.05, 0) is 43.7 Å². The summed E-state index contributed by atoms with van der Waals surface area (Å²) in [5.41, 5.74) is 2.91. The molecule has 0 heterocycles. The zero-order valence-electron chi connectivity index (χ0n) is 11.2. The number of nitrogens with one attached hydrogen (secondary N) is 1. The van der Waals surface area contributed by atoms with Gasteiger partial charge in [-0.2, -0.15) is 0 Å². The van der Waals surface area contributed by atoms with E-state index >= 15 is 0 Å². The molecule has 0 bridgehead atoms. The molecule has 0 aliphatic heterocycles. The molecule has 0 radical (unpaired) electrons. The second kappa shape index (κ2) is 6.20. The molecule has 0 saturated heterocycles. The van der Waals surface area contributed by atoms with E-state index < -0.39 is 0 Å². The number of hydrogen-bond acceptors (Lipinski definition) is 1. The predicted molar refractivity (Wildman–Crippen MR) is 74.2 cm³/mol. The van der Waals surface area contributed by atoms with Crippen LogP contribution < -0.4 is 5.32 Å². The van der Waals surface area contributed by atoms with E-state index in [4.69, 9.17) is 0 Å². The van der Waals surface area contributed by atoms with Crippen LogP contribution >= 0.6 is 0 Å². The van der Waals surface area contributed by atoms with Crippen LogP contribution in [0.1, 0.15) is 63.1 Å². The third-order valence-corrected chi connectivity index (χ3v) is 3.89. The van der Waals surface area contributed by atoms with Crippen LogP contribution in [0.2, 0.25) is 0 Å². The van der Waals surface area contributed by atoms with Crippen LogP contribution in [0.15, 0.2) is 24.3 Å². The molecule has 0 amide bonds. The molecule has 1 heteroatoms. The monoisotopic (exact) mass is 231 g/mol. The largest absolute Gasteiger partial charge is 0.307 e. The van der Waals surface area contributed by atoms with Gasteiger partial charge < -0.3 is 5.32 Å². The third-order valence-electron chi connectivity index (χ3n) is 3.89. The average Bonchev–Trinajstić information content (AvgIpc) is 2.31. The molecule has 1 aliphatic rings. The molecule has 1 saturated carbocycles. The van der Waals surface area contributed by atoms with Crippen molar-refractivity contribution in [1.82, 2.24) is 5.32 Å². The van der Waals surface area contributed by atoms with Gasteiger partial charge in [0, 0.05) is 12.1 Å². The topological polar surface area (TPSA) is 12.0 Å². The van der Waals surface area contributed by atoms with Crippen LogP contribution in [0, 0.1) is 0 Å². The predicted octanol–water partition coefficient (Wildman–Crippen LogP) is 4.23. The van der Waals surface area contributed by atoms with E-state index in [1.165, 1.54) is 49.7 Å². The Hall–Kier alpha value is -0.820. The van der Waals surface area contributed by atoms with Gasteiger partial charge >= 0.3 is 0 Å². The highest BCUT2D eigenvalue weighted by molar-refractivity contribution is 5.25. The lowest BCUT2D eigenvalue weighted by Gasteiger charge is -2.30. The van der Waals surface area contributed by atoms with Gasteiger partial charge in [-0.25, -0.2) is 0 Å². The Kier molecular flexibility index (Phi) is 4.61. The summed E-state index contributed by atoms with van der Waals surface area (Å²) in [7, 11) is 0. The Morgan fingerprint density at radius 2 is 1.94 bits per heavy atom. The summed E-state index contributed by atoms with van der Waals surface area (Å²) in [5, 5.41) is 3.70. The lowest BCUT2D eigenvalue weighted by Crippen LogP contribution is -2.36. The van der Waals surface area contributed by atoms with Crippen LogP contribution in [0.5, 0.6) is 0 Å². The van der Waals surface area contributed by atoms with Crippen molar-refractivity contribution in [2.75, 3.05) is 0 Å². The van der Waals surface area contributed by atoms with Gasteiger partial charge in [0.25, 0.3) is 0 Å². The Balaban J connectivity index is 1.87. The molecular formula is C16H25N. The Bertz CT molecular complexity index is 324. The maximum Gasteiger partial charge on any atom is 0.0294 e. The second-order valence-corrected chi connectivity index (χ2v) is 5.36. The first-order valence-electron chi connectivity index (χ1n) is 7.14. The van der Waals surface area contributed by atoms with Crippen LogP contribution in [0.3, 0.4) is 0 Å². The molecule has 1 atom stereocenters. The van der Waals surface area contributed by atoms with Crippen LogP contribution in [-0.4, -0.2) is 6.04 Å². The van der Waals surface area contributed by atoms with E-state index in [-0.39, 0.29) is 0 Å². The van der Waals surface area contributed by atoms with Gasteiger partial charge in [0.1, 0.15) is 0 Å². The van der Waals surface area contributed by atoms with E-state index in [1.54, 1.807) is 0 Å². The van der Waals surface area contributed by atoms with Crippen molar-refractivity contribution in [3.63, 3.8) is 0 Å². The number of aryl methyl sites for hydroxylation is 1. The maximum absolute atomic E-state index is 3.70. The fraction of sp³-hybridized carbons (Fsp3) is 0.625. The van der Waals surface area contributed by atoms with E-state index in [2.05, 4.69) is 43.4 Å². The first kappa shape index (κ1) is 12.6. The van der Waals surface area contributed by atoms with Crippen molar-refractivity contribution in [3.05, 3.63) is 35.4 Å². The average molecular weight is 231 g/mol.